The minimum atomic E-state index is -2.51. The van der Waals surface area contributed by atoms with Crippen LogP contribution in [0.2, 0.25) is 30.6 Å². The molecule has 0 radical (unpaired) electrons. The van der Waals surface area contributed by atoms with Gasteiger partial charge in [-0.05, 0) is 0 Å². The van der Waals surface area contributed by atoms with E-state index in [9.17, 15) is 0 Å². The monoisotopic (exact) mass is 582 g/mol. The number of hydrogen-bond acceptors (Lipinski definition) is 0. The van der Waals surface area contributed by atoms with E-state index in [-0.39, 0.29) is 0 Å². The number of fused-ring (bicyclic) bond motifs is 2. The molecular weight excluding hydrogens is 547 g/mol. The molecule has 2 aromatic rings. The van der Waals surface area contributed by atoms with E-state index < -0.39 is 41.2 Å². The molecule has 2 aliphatic carbocycles. The molecule has 162 valence electrons. The van der Waals surface area contributed by atoms with Crippen molar-refractivity contribution in [3.63, 3.8) is 0 Å². The Morgan fingerprint density at radius 3 is 1.45 bits per heavy atom. The summed E-state index contributed by atoms with van der Waals surface area (Å²) in [5.74, 6) is 0. The Hall–Kier alpha value is -0.0969. The average molecular weight is 585 g/mol. The summed E-state index contributed by atoms with van der Waals surface area (Å²) in [5.41, 5.74) is 9.91. The quantitative estimate of drug-likeness (QED) is 0.315. The van der Waals surface area contributed by atoms with Gasteiger partial charge in [0.25, 0.3) is 0 Å². The molecule has 3 aliphatic rings. The van der Waals surface area contributed by atoms with E-state index in [1.54, 1.807) is 34.4 Å². The van der Waals surface area contributed by atoms with E-state index >= 15 is 0 Å². The normalized spacial score (nSPS) is 24.6. The molecule has 31 heavy (non-hydrogen) atoms. The number of hydrogen-bond donors (Lipinski definition) is 0. The maximum absolute atomic E-state index is 2.93. The van der Waals surface area contributed by atoms with Crippen LogP contribution in [0.25, 0.3) is 12.2 Å². The molecule has 0 saturated carbocycles. The zero-order chi connectivity index (χ0) is 22.0. The Morgan fingerprint density at radius 1 is 0.645 bits per heavy atom. The van der Waals surface area contributed by atoms with Gasteiger partial charge in [0.05, 0.1) is 0 Å². The van der Waals surface area contributed by atoms with Crippen LogP contribution in [-0.4, -0.2) is 2.33 Å². The molecule has 1 saturated heterocycles. The average Bonchev–Trinajstić information content (AvgIpc) is 3.42. The molecule has 1 fully saturated rings. The van der Waals surface area contributed by atoms with Crippen LogP contribution in [-0.2, 0) is 38.9 Å². The summed E-state index contributed by atoms with van der Waals surface area (Å²) in [6.07, 6.45) is 8.16. The van der Waals surface area contributed by atoms with Gasteiger partial charge < -0.3 is 0 Å². The van der Waals surface area contributed by atoms with Crippen LogP contribution in [0, 0.1) is 0 Å². The zero-order valence-electron chi connectivity index (χ0n) is 20.3. The summed E-state index contributed by atoms with van der Waals surface area (Å²) >= 11 is -5.01. The van der Waals surface area contributed by atoms with Gasteiger partial charge in [-0.2, -0.15) is 0 Å². The van der Waals surface area contributed by atoms with Gasteiger partial charge in [0.2, 0.25) is 0 Å². The van der Waals surface area contributed by atoms with Gasteiger partial charge in [0.15, 0.2) is 0 Å². The van der Waals surface area contributed by atoms with Crippen molar-refractivity contribution >= 4 is 14.5 Å². The molecule has 1 aliphatic heterocycles. The summed E-state index contributed by atoms with van der Waals surface area (Å²) in [7, 11) is 0. The van der Waals surface area contributed by atoms with Gasteiger partial charge in [-0.25, -0.2) is 0 Å². The Morgan fingerprint density at radius 2 is 1.03 bits per heavy atom. The van der Waals surface area contributed by atoms with Crippen molar-refractivity contribution in [2.45, 2.75) is 64.6 Å². The Kier molecular flexibility index (Phi) is 5.85. The van der Waals surface area contributed by atoms with E-state index in [1.165, 1.54) is 24.0 Å². The number of allylic oxidation sites excluding steroid dienone is 2. The van der Waals surface area contributed by atoms with Crippen molar-refractivity contribution in [1.29, 1.82) is 0 Å². The van der Waals surface area contributed by atoms with Crippen molar-refractivity contribution in [1.82, 2.24) is 0 Å². The first-order valence-corrected chi connectivity index (χ1v) is 34.7. The predicted molar refractivity (Wildman–Crippen MR) is 134 cm³/mol. The third kappa shape index (κ3) is 3.23. The SMILES string of the molecule is CC1=Cc2ccccc2[CH]1[Zr]([CH3])([CH3])[Si]1([Zr]([CH3])([CH3])[CH]2C(C)=Cc3ccccc32)CCCC1. The molecule has 2 atom stereocenters. The second kappa shape index (κ2) is 7.99. The van der Waals surface area contributed by atoms with Gasteiger partial charge in [-0.3, -0.25) is 0 Å². The van der Waals surface area contributed by atoms with Gasteiger partial charge in [0, 0.05) is 0 Å². The van der Waals surface area contributed by atoms with Crippen molar-refractivity contribution in [3.05, 3.63) is 81.9 Å². The minimum absolute atomic E-state index is 0.826. The molecular formula is C28H38SiZr2. The summed E-state index contributed by atoms with van der Waals surface area (Å²) in [5, 5.41) is 0. The predicted octanol–water partition coefficient (Wildman–Crippen LogP) is 9.04. The standard InChI is InChI=1S/2C10H9.C4H8Si.4CH3.2Zr/c2*1-8-6-9-4-2-3-5-10(9)7-8;1-2-4-5-3-1;;;;;;/h2*2-7H,1H3;1-4H2;4*1H3;;. The van der Waals surface area contributed by atoms with Crippen LogP contribution in [0.15, 0.2) is 59.7 Å². The molecule has 5 rings (SSSR count). The molecule has 0 amide bonds. The van der Waals surface area contributed by atoms with E-state index in [4.69, 9.17) is 0 Å². The fourth-order valence-corrected chi connectivity index (χ4v) is 161. The van der Waals surface area contributed by atoms with E-state index in [1.807, 2.05) is 0 Å². The summed E-state index contributed by atoms with van der Waals surface area (Å²) in [6.45, 7) is 4.94. The zero-order valence-corrected chi connectivity index (χ0v) is 26.2. The first kappa shape index (κ1) is 22.7. The number of rotatable bonds is 4. The van der Waals surface area contributed by atoms with Crippen LogP contribution in [0.1, 0.15) is 56.2 Å². The van der Waals surface area contributed by atoms with Crippen LogP contribution in [0.3, 0.4) is 0 Å². The van der Waals surface area contributed by atoms with E-state index in [2.05, 4.69) is 93.1 Å². The summed E-state index contributed by atoms with van der Waals surface area (Å²) in [4.78, 5) is 0. The molecule has 2 aromatic carbocycles. The fraction of sp³-hybridized carbons (Fsp3) is 0.429. The van der Waals surface area contributed by atoms with E-state index in [0.717, 1.165) is 7.25 Å². The number of benzene rings is 2. The third-order valence-corrected chi connectivity index (χ3v) is 131. The second-order valence-corrected chi connectivity index (χ2v) is 73.0. The van der Waals surface area contributed by atoms with Gasteiger partial charge >= 0.3 is 200 Å². The molecule has 0 aromatic heterocycles. The second-order valence-electron chi connectivity index (χ2n) is 11.6. The molecule has 0 nitrogen and oxygen atoms in total. The van der Waals surface area contributed by atoms with Gasteiger partial charge in [-0.1, -0.05) is 0 Å². The maximum atomic E-state index is 2.93. The van der Waals surface area contributed by atoms with Gasteiger partial charge in [0.1, 0.15) is 0 Å². The Labute approximate surface area is 198 Å². The van der Waals surface area contributed by atoms with Crippen LogP contribution < -0.4 is 0 Å². The van der Waals surface area contributed by atoms with E-state index in [0.29, 0.717) is 0 Å². The summed E-state index contributed by atoms with van der Waals surface area (Å²) < 4.78 is 12.1. The van der Waals surface area contributed by atoms with Crippen LogP contribution in [0.5, 0.6) is 0 Å². The first-order valence-electron chi connectivity index (χ1n) is 12.2. The van der Waals surface area contributed by atoms with Gasteiger partial charge in [-0.15, -0.1) is 0 Å². The Balaban J connectivity index is 1.66. The van der Waals surface area contributed by atoms with Crippen LogP contribution in [0.4, 0.5) is 0 Å². The molecule has 3 heteroatoms. The fourth-order valence-electron chi connectivity index (χ4n) is 8.52. The molecule has 1 heterocycles. The molecule has 0 spiro atoms. The first-order chi connectivity index (χ1) is 14.7. The third-order valence-electron chi connectivity index (χ3n) is 9.66. The van der Waals surface area contributed by atoms with Crippen molar-refractivity contribution < 1.29 is 38.9 Å². The van der Waals surface area contributed by atoms with Crippen molar-refractivity contribution in [3.8, 4) is 0 Å². The Bertz CT molecular complexity index is 1000. The van der Waals surface area contributed by atoms with Crippen molar-refractivity contribution in [2.24, 2.45) is 0 Å². The topological polar surface area (TPSA) is 0 Å². The molecule has 0 bridgehead atoms. The summed E-state index contributed by atoms with van der Waals surface area (Å²) in [6, 6.07) is 22.1. The van der Waals surface area contributed by atoms with Crippen LogP contribution >= 0.6 is 0 Å². The molecule has 0 N–H and O–H groups in total. The van der Waals surface area contributed by atoms with Crippen molar-refractivity contribution in [2.75, 3.05) is 0 Å². The molecule has 2 unspecified atom stereocenters.